The van der Waals surface area contributed by atoms with Gasteiger partial charge >= 0.3 is 16.4 Å². The smallest absolute Gasteiger partial charge is 0.397 e. The number of carbonyl (C=O) groups excluding carboxylic acids is 2. The van der Waals surface area contributed by atoms with Gasteiger partial charge in [-0.2, -0.15) is 8.42 Å². The number of esters is 1. The highest BCUT2D eigenvalue weighted by Crippen LogP contribution is 2.38. The molecule has 1 fully saturated rings. The number of unbranched alkanes of at least 4 members (excludes halogenated alkanes) is 3. The second-order valence-corrected chi connectivity index (χ2v) is 33.0. The fraction of sp³-hybridized carbons (Fsp3) is 0.844. The number of nitrogens with zero attached hydrogens (tertiary/aromatic N) is 2. The Labute approximate surface area is 629 Å². The Morgan fingerprint density at radius 3 is 1.90 bits per heavy atom. The van der Waals surface area contributed by atoms with Crippen molar-refractivity contribution in [1.29, 1.82) is 0 Å². The highest BCUT2D eigenvalue weighted by Gasteiger charge is 2.40. The molecular formula is C77H136N4O22S2. The van der Waals surface area contributed by atoms with Crippen LogP contribution in [0.25, 0.3) is 0 Å². The van der Waals surface area contributed by atoms with Crippen LogP contribution < -0.4 is 11.1 Å². The number of hydrogen-bond acceptors (Lipinski definition) is 25. The van der Waals surface area contributed by atoms with E-state index in [1.165, 1.54) is 19.9 Å². The summed E-state index contributed by atoms with van der Waals surface area (Å²) in [5.74, 6) is -2.95. The number of aliphatic hydroxyl groups is 12. The predicted molar refractivity (Wildman–Crippen MR) is 401 cm³/mol. The lowest BCUT2D eigenvalue weighted by Gasteiger charge is -2.35. The molecule has 0 spiro atoms. The standard InChI is InChI=1S/C77H136N4O22S2/c1-48-31-34-62(89)39-57(84)23-15-22-55(82)21-14-13-19-50(3)75(103-105(96,97)98)74(54(7)101-77(95)67-46-100-72(79-67)29-18-28-58(85)38-56(83)24-17-27-61(88)43-66(99-8)35-32-48)81-76(94)52(5)37-51(4)69(93)44-64(91)41-60(87)26-16-25-59(86)40-63(90)42-65(92)45-71-49(2)33-36-70(102-71)68-47-104-73(80-68)30-12-10-9-11-20-53(6)78/h32,35,37,46-51,53-66,69-71,74-75,82-93H,9-31,33-34,36,38-45,78H2,1-8H3,(H,81,94)(H,96,97,98)/b35-32+,52-37+/t48-,49-,50+,51-,53+,54+,55-,56+,57-,58-,59+,60-,61-,62+,63-,64+,65-,66+,69-,70-,71-,74-,75-/m0/s1. The van der Waals surface area contributed by atoms with E-state index in [2.05, 4.69) is 22.6 Å². The number of carbonyl (C=O) groups is 2. The molecule has 1 amide bonds. The Hall–Kier alpha value is -3.47. The maximum absolute atomic E-state index is 14.2. The minimum atomic E-state index is -5.24. The van der Waals surface area contributed by atoms with Gasteiger partial charge in [0, 0.05) is 42.9 Å². The highest BCUT2D eigenvalue weighted by molar-refractivity contribution is 7.80. The van der Waals surface area contributed by atoms with Gasteiger partial charge in [-0.05, 0) is 212 Å². The molecule has 2 aromatic rings. The molecule has 23 atom stereocenters. The van der Waals surface area contributed by atoms with Crippen LogP contribution in [0.2, 0.25) is 0 Å². The first-order chi connectivity index (χ1) is 49.7. The van der Waals surface area contributed by atoms with Crippen molar-refractivity contribution in [3.8, 4) is 0 Å². The summed E-state index contributed by atoms with van der Waals surface area (Å²) in [5, 5.41) is 137. The molecule has 2 bridgehead atoms. The number of aryl methyl sites for hydroxylation is 2. The molecular weight excluding hydrogens is 1400 g/mol. The largest absolute Gasteiger partial charge is 0.456 e. The number of cyclic esters (lactones) is 1. The number of fused-ring (bicyclic) bond motifs is 2. The number of aliphatic hydroxyl groups excluding tert-OH is 12. The molecule has 26 nitrogen and oxygen atoms in total. The van der Waals surface area contributed by atoms with E-state index in [0.717, 1.165) is 68.3 Å². The van der Waals surface area contributed by atoms with E-state index >= 15 is 0 Å². The molecule has 2 aliphatic heterocycles. The topological polar surface area (TPSA) is 445 Å². The zero-order valence-corrected chi connectivity index (χ0v) is 65.6. The Balaban J connectivity index is 1.34. The van der Waals surface area contributed by atoms with E-state index in [1.807, 2.05) is 26.0 Å². The van der Waals surface area contributed by atoms with Crippen molar-refractivity contribution in [3.63, 3.8) is 0 Å². The summed E-state index contributed by atoms with van der Waals surface area (Å²) in [6, 6.07) is -1.25. The highest BCUT2D eigenvalue weighted by atomic mass is 32.3. The molecule has 0 aliphatic carbocycles. The number of nitrogens with one attached hydrogen (secondary N) is 1. The van der Waals surface area contributed by atoms with Crippen LogP contribution >= 0.6 is 11.3 Å². The number of methoxy groups -OCH3 is 1. The van der Waals surface area contributed by atoms with E-state index in [4.69, 9.17) is 33.5 Å². The third-order valence-electron chi connectivity index (χ3n) is 20.8. The molecule has 0 saturated carbocycles. The second-order valence-electron chi connectivity index (χ2n) is 31.1. The van der Waals surface area contributed by atoms with Crippen molar-refractivity contribution in [2.45, 2.75) is 383 Å². The van der Waals surface area contributed by atoms with Gasteiger partial charge < -0.3 is 91.0 Å². The molecule has 608 valence electrons. The second kappa shape index (κ2) is 50.4. The van der Waals surface area contributed by atoms with Crippen molar-refractivity contribution in [3.05, 3.63) is 57.7 Å². The number of oxazole rings is 1. The lowest BCUT2D eigenvalue weighted by atomic mass is 9.88. The van der Waals surface area contributed by atoms with E-state index < -0.39 is 126 Å². The van der Waals surface area contributed by atoms with Gasteiger partial charge in [0.05, 0.1) is 102 Å². The Kier molecular flexibility index (Phi) is 45.1. The Morgan fingerprint density at radius 1 is 0.676 bits per heavy atom. The number of thiazole rings is 1. The molecule has 4 rings (SSSR count). The molecule has 105 heavy (non-hydrogen) atoms. The van der Waals surface area contributed by atoms with Crippen molar-refractivity contribution in [2.75, 3.05) is 7.11 Å². The number of rotatable bonds is 29. The normalized spacial score (nSPS) is 30.3. The number of amides is 1. The molecule has 0 radical (unpaired) electrons. The molecule has 4 heterocycles. The van der Waals surface area contributed by atoms with Crippen LogP contribution in [-0.4, -0.2) is 213 Å². The zero-order valence-electron chi connectivity index (χ0n) is 64.0. The van der Waals surface area contributed by atoms with Crippen molar-refractivity contribution in [2.24, 2.45) is 29.4 Å². The maximum atomic E-state index is 14.2. The summed E-state index contributed by atoms with van der Waals surface area (Å²) in [6.07, 6.45) is 7.45. The van der Waals surface area contributed by atoms with Gasteiger partial charge in [-0.1, -0.05) is 78.0 Å². The van der Waals surface area contributed by atoms with Crippen molar-refractivity contribution in [1.82, 2.24) is 15.3 Å². The first-order valence-electron chi connectivity index (χ1n) is 39.2. The number of hydrogen-bond donors (Lipinski definition) is 15. The number of allylic oxidation sites excluding steroid dienone is 1. The van der Waals surface area contributed by atoms with Crippen LogP contribution in [-0.2, 0) is 46.4 Å². The third kappa shape index (κ3) is 39.8. The Bertz CT molecular complexity index is 2850. The molecule has 2 aliphatic rings. The summed E-state index contributed by atoms with van der Waals surface area (Å²) >= 11 is 1.66. The number of ether oxygens (including phenoxy) is 3. The van der Waals surface area contributed by atoms with E-state index in [1.54, 1.807) is 32.3 Å². The van der Waals surface area contributed by atoms with Crippen molar-refractivity contribution < 1.29 is 107 Å². The maximum Gasteiger partial charge on any atom is 0.397 e. The molecule has 0 unspecified atom stereocenters. The summed E-state index contributed by atoms with van der Waals surface area (Å²) in [7, 11) is -3.67. The first kappa shape index (κ1) is 93.9. The van der Waals surface area contributed by atoms with Gasteiger partial charge in [-0.15, -0.1) is 11.3 Å². The SMILES string of the molecule is CO[C@@H]1/C=C/[C@@H](C)CC[C@@H](O)C[C@@H](O)CCC[C@@H](O)CCCC[C@@H](C)[C@H](OS(=O)(=O)O)[C@@H](NC(=O)/C(C)=C/[C@H](C)[C@@H](O)C[C@H](O)C[C@@H](O)CCC[C@@H](O)C[C@H](O)C[C@H](O)C[C@@H]2O[C@H](c3csc(CCCCCC[C@@H](C)N)n3)CC[C@@H]2C)[C@@H](C)OC(=O)c2coc(n2)CCC[C@H](O)C[C@H](O)CCC[C@H](O)C1. The molecule has 0 aromatic carbocycles. The minimum absolute atomic E-state index is 0.0176. The summed E-state index contributed by atoms with van der Waals surface area (Å²) in [5.41, 5.74) is 6.57. The van der Waals surface area contributed by atoms with Gasteiger partial charge in [-0.25, -0.2) is 18.9 Å². The fourth-order valence-corrected chi connectivity index (χ4v) is 15.7. The lowest BCUT2D eigenvalue weighted by molar-refractivity contribution is -0.120. The van der Waals surface area contributed by atoms with Gasteiger partial charge in [0.25, 0.3) is 0 Å². The average molecular weight is 1530 g/mol. The number of aromatic nitrogens is 2. The van der Waals surface area contributed by atoms with Crippen LogP contribution in [0.5, 0.6) is 0 Å². The van der Waals surface area contributed by atoms with Crippen LogP contribution in [0.1, 0.15) is 287 Å². The van der Waals surface area contributed by atoms with E-state index in [0.29, 0.717) is 96.3 Å². The Morgan fingerprint density at radius 2 is 1.26 bits per heavy atom. The lowest BCUT2D eigenvalue weighted by Crippen LogP contribution is -2.55. The van der Waals surface area contributed by atoms with Crippen molar-refractivity contribution >= 4 is 33.6 Å². The predicted octanol–water partition coefficient (Wildman–Crippen LogP) is 8.81. The third-order valence-corrected chi connectivity index (χ3v) is 22.2. The fourth-order valence-electron chi connectivity index (χ4n) is 14.2. The summed E-state index contributed by atoms with van der Waals surface area (Å²) in [4.78, 5) is 37.2. The van der Waals surface area contributed by atoms with E-state index in [-0.39, 0.29) is 124 Å². The van der Waals surface area contributed by atoms with Gasteiger partial charge in [0.2, 0.25) is 5.91 Å². The van der Waals surface area contributed by atoms with Crippen LogP contribution in [0.15, 0.2) is 39.9 Å². The molecule has 1 saturated heterocycles. The monoisotopic (exact) mass is 1530 g/mol. The number of nitrogens with two attached hydrogens (primary N) is 1. The summed E-state index contributed by atoms with van der Waals surface area (Å²) < 4.78 is 64.3. The quantitative estimate of drug-likeness (QED) is 0.0119. The molecule has 28 heteroatoms. The van der Waals surface area contributed by atoms with Crippen LogP contribution in [0, 0.1) is 23.7 Å². The summed E-state index contributed by atoms with van der Waals surface area (Å²) in [6.45, 7) is 12.2. The van der Waals surface area contributed by atoms with Gasteiger partial charge in [0.15, 0.2) is 11.6 Å². The molecule has 16 N–H and O–H groups in total. The van der Waals surface area contributed by atoms with Gasteiger partial charge in [0.1, 0.15) is 24.6 Å². The zero-order chi connectivity index (χ0) is 77.8. The average Bonchev–Trinajstić information content (AvgIpc) is 1.80. The van der Waals surface area contributed by atoms with E-state index in [9.17, 15) is 83.8 Å². The minimum Gasteiger partial charge on any atom is -0.456 e. The molecule has 2 aromatic heterocycles. The van der Waals surface area contributed by atoms with Crippen LogP contribution in [0.3, 0.4) is 0 Å². The first-order valence-corrected chi connectivity index (χ1v) is 41.4. The van der Waals surface area contributed by atoms with Crippen LogP contribution in [0.4, 0.5) is 0 Å². The van der Waals surface area contributed by atoms with Gasteiger partial charge in [-0.3, -0.25) is 9.35 Å².